The first-order chi connectivity index (χ1) is 12.5. The number of anilines is 1. The maximum atomic E-state index is 12.1. The first-order valence-electron chi connectivity index (χ1n) is 8.16. The van der Waals surface area contributed by atoms with Crippen LogP contribution in [0.1, 0.15) is 22.8 Å². The van der Waals surface area contributed by atoms with Gasteiger partial charge in [0.1, 0.15) is 5.75 Å². The minimum absolute atomic E-state index is 0.142. The summed E-state index contributed by atoms with van der Waals surface area (Å²) in [6.45, 7) is 1.63. The quantitative estimate of drug-likeness (QED) is 0.666. The van der Waals surface area contributed by atoms with Gasteiger partial charge in [-0.3, -0.25) is 14.4 Å². The molecule has 136 valence electrons. The van der Waals surface area contributed by atoms with Crippen LogP contribution >= 0.6 is 0 Å². The summed E-state index contributed by atoms with van der Waals surface area (Å²) in [6.07, 6.45) is 0.799. The molecule has 4 N–H and O–H groups in total. The van der Waals surface area contributed by atoms with Crippen LogP contribution in [0.25, 0.3) is 0 Å². The van der Waals surface area contributed by atoms with Gasteiger partial charge in [0.25, 0.3) is 11.8 Å². The van der Waals surface area contributed by atoms with Crippen LogP contribution < -0.4 is 21.1 Å². The van der Waals surface area contributed by atoms with E-state index in [4.69, 9.17) is 10.5 Å². The highest BCUT2D eigenvalue weighted by Crippen LogP contribution is 2.15. The molecular formula is C19H21N3O4. The molecule has 0 fully saturated rings. The summed E-state index contributed by atoms with van der Waals surface area (Å²) in [5.74, 6) is -0.845. The number of carbonyl (C=O) groups is 3. The largest absolute Gasteiger partial charge is 0.484 e. The summed E-state index contributed by atoms with van der Waals surface area (Å²) in [4.78, 5) is 34.8. The smallest absolute Gasteiger partial charge is 0.255 e. The first kappa shape index (κ1) is 19.0. The van der Waals surface area contributed by atoms with Crippen LogP contribution in [0, 0.1) is 0 Å². The second kappa shape index (κ2) is 9.22. The van der Waals surface area contributed by atoms with Crippen LogP contribution in [0.15, 0.2) is 48.5 Å². The molecule has 2 rings (SSSR count). The van der Waals surface area contributed by atoms with Crippen LogP contribution in [0.4, 0.5) is 5.69 Å². The summed E-state index contributed by atoms with van der Waals surface area (Å²) in [5, 5.41) is 5.35. The molecule has 0 radical (unpaired) electrons. The van der Waals surface area contributed by atoms with Gasteiger partial charge in [0.2, 0.25) is 5.91 Å². The van der Waals surface area contributed by atoms with E-state index < -0.39 is 5.91 Å². The summed E-state index contributed by atoms with van der Waals surface area (Å²) >= 11 is 0. The van der Waals surface area contributed by atoms with Crippen LogP contribution in [0.2, 0.25) is 0 Å². The van der Waals surface area contributed by atoms with Crippen molar-refractivity contribution in [3.63, 3.8) is 0 Å². The van der Waals surface area contributed by atoms with Crippen LogP contribution in [0.3, 0.4) is 0 Å². The minimum Gasteiger partial charge on any atom is -0.484 e. The van der Waals surface area contributed by atoms with E-state index in [9.17, 15) is 14.4 Å². The predicted octanol–water partition coefficient (Wildman–Crippen LogP) is 1.48. The highest BCUT2D eigenvalue weighted by molar-refractivity contribution is 5.99. The first-order valence-corrected chi connectivity index (χ1v) is 8.16. The second-order valence-electron chi connectivity index (χ2n) is 5.52. The molecule has 0 atom stereocenters. The Kier molecular flexibility index (Phi) is 6.73. The molecule has 0 saturated heterocycles. The fourth-order valence-corrected chi connectivity index (χ4v) is 2.26. The average Bonchev–Trinajstić information content (AvgIpc) is 2.65. The number of para-hydroxylation sites is 1. The van der Waals surface area contributed by atoms with Gasteiger partial charge in [-0.25, -0.2) is 0 Å². The van der Waals surface area contributed by atoms with Crippen molar-refractivity contribution in [2.75, 3.05) is 18.5 Å². The number of carbonyl (C=O) groups excluding carboxylic acids is 3. The van der Waals surface area contributed by atoms with Gasteiger partial charge >= 0.3 is 0 Å². The van der Waals surface area contributed by atoms with Crippen LogP contribution in [-0.4, -0.2) is 30.9 Å². The number of rotatable bonds is 8. The molecule has 0 aliphatic carbocycles. The maximum Gasteiger partial charge on any atom is 0.255 e. The summed E-state index contributed by atoms with van der Waals surface area (Å²) in [5.41, 5.74) is 7.13. The molecule has 2 aromatic carbocycles. The van der Waals surface area contributed by atoms with Crippen LogP contribution in [-0.2, 0) is 16.0 Å². The maximum absolute atomic E-state index is 12.1. The Labute approximate surface area is 151 Å². The minimum atomic E-state index is -0.581. The third-order valence-corrected chi connectivity index (χ3v) is 3.58. The third-order valence-electron chi connectivity index (χ3n) is 3.58. The summed E-state index contributed by atoms with van der Waals surface area (Å²) in [7, 11) is 0. The Hall–Kier alpha value is -3.35. The molecule has 0 bridgehead atoms. The van der Waals surface area contributed by atoms with E-state index in [1.165, 1.54) is 12.1 Å². The van der Waals surface area contributed by atoms with E-state index in [1.54, 1.807) is 12.1 Å². The summed E-state index contributed by atoms with van der Waals surface area (Å²) in [6, 6.07) is 13.7. The SMILES string of the molecule is CCc1ccccc1NC(=O)CNC(=O)c1ccc(OCC(N)=O)cc1. The molecule has 0 saturated carbocycles. The standard InChI is InChI=1S/C19H21N3O4/c1-2-13-5-3-4-6-16(13)22-18(24)11-21-19(25)14-7-9-15(10-8-14)26-12-17(20)23/h3-10H,2,11-12H2,1H3,(H2,20,23)(H,21,25)(H,22,24). The van der Waals surface area contributed by atoms with Gasteiger partial charge in [0.15, 0.2) is 6.61 Å². The molecule has 0 aromatic heterocycles. The Morgan fingerprint density at radius 3 is 2.38 bits per heavy atom. The normalized spacial score (nSPS) is 10.0. The molecule has 3 amide bonds. The second-order valence-corrected chi connectivity index (χ2v) is 5.52. The zero-order chi connectivity index (χ0) is 18.9. The lowest BCUT2D eigenvalue weighted by molar-refractivity contribution is -0.120. The highest BCUT2D eigenvalue weighted by atomic mass is 16.5. The molecule has 2 aromatic rings. The van der Waals surface area contributed by atoms with Crippen LogP contribution in [0.5, 0.6) is 5.75 Å². The molecule has 7 nitrogen and oxygen atoms in total. The van der Waals surface area contributed by atoms with E-state index in [2.05, 4.69) is 10.6 Å². The summed E-state index contributed by atoms with van der Waals surface area (Å²) < 4.78 is 5.12. The zero-order valence-electron chi connectivity index (χ0n) is 14.5. The lowest BCUT2D eigenvalue weighted by atomic mass is 10.1. The van der Waals surface area contributed by atoms with Gasteiger partial charge in [-0.15, -0.1) is 0 Å². The Balaban J connectivity index is 1.85. The van der Waals surface area contributed by atoms with Gasteiger partial charge in [0, 0.05) is 11.3 Å². The van der Waals surface area contributed by atoms with E-state index in [0.717, 1.165) is 17.7 Å². The number of hydrogen-bond acceptors (Lipinski definition) is 4. The highest BCUT2D eigenvalue weighted by Gasteiger charge is 2.10. The van der Waals surface area contributed by atoms with Gasteiger partial charge in [0.05, 0.1) is 6.54 Å². The molecular weight excluding hydrogens is 334 g/mol. The fraction of sp³-hybridized carbons (Fsp3) is 0.211. The van der Waals surface area contributed by atoms with Crippen molar-refractivity contribution in [3.05, 3.63) is 59.7 Å². The Bertz CT molecular complexity index is 788. The Morgan fingerprint density at radius 1 is 1.04 bits per heavy atom. The van der Waals surface area contributed by atoms with E-state index in [0.29, 0.717) is 11.3 Å². The van der Waals surface area contributed by atoms with E-state index in [1.807, 2.05) is 31.2 Å². The van der Waals surface area contributed by atoms with E-state index >= 15 is 0 Å². The van der Waals surface area contributed by atoms with E-state index in [-0.39, 0.29) is 25.0 Å². The van der Waals surface area contributed by atoms with Gasteiger partial charge in [-0.2, -0.15) is 0 Å². The number of ether oxygens (including phenoxy) is 1. The Morgan fingerprint density at radius 2 is 1.73 bits per heavy atom. The van der Waals surface area contributed by atoms with Crippen molar-refractivity contribution in [1.29, 1.82) is 0 Å². The van der Waals surface area contributed by atoms with Crippen molar-refractivity contribution in [3.8, 4) is 5.75 Å². The lowest BCUT2D eigenvalue weighted by Crippen LogP contribution is -2.33. The fourth-order valence-electron chi connectivity index (χ4n) is 2.26. The molecule has 0 unspecified atom stereocenters. The molecule has 26 heavy (non-hydrogen) atoms. The van der Waals surface area contributed by atoms with Crippen molar-refractivity contribution < 1.29 is 19.1 Å². The zero-order valence-corrected chi connectivity index (χ0v) is 14.5. The number of nitrogens with one attached hydrogen (secondary N) is 2. The number of amides is 3. The number of benzene rings is 2. The van der Waals surface area contributed by atoms with Crippen molar-refractivity contribution in [2.24, 2.45) is 5.73 Å². The topological polar surface area (TPSA) is 111 Å². The third kappa shape index (κ3) is 5.62. The van der Waals surface area contributed by atoms with Crippen molar-refractivity contribution in [2.45, 2.75) is 13.3 Å². The molecule has 0 aliphatic rings. The monoisotopic (exact) mass is 355 g/mol. The number of hydrogen-bond donors (Lipinski definition) is 3. The predicted molar refractivity (Wildman–Crippen MR) is 97.9 cm³/mol. The lowest BCUT2D eigenvalue weighted by Gasteiger charge is -2.10. The van der Waals surface area contributed by atoms with Gasteiger partial charge in [-0.1, -0.05) is 25.1 Å². The molecule has 0 spiro atoms. The molecule has 7 heteroatoms. The number of nitrogens with two attached hydrogens (primary N) is 1. The van der Waals surface area contributed by atoms with Crippen molar-refractivity contribution >= 4 is 23.4 Å². The van der Waals surface area contributed by atoms with Crippen molar-refractivity contribution in [1.82, 2.24) is 5.32 Å². The van der Waals surface area contributed by atoms with Gasteiger partial charge < -0.3 is 21.1 Å². The molecule has 0 aliphatic heterocycles. The molecule has 0 heterocycles. The average molecular weight is 355 g/mol. The number of aryl methyl sites for hydroxylation is 1. The van der Waals surface area contributed by atoms with Gasteiger partial charge in [-0.05, 0) is 42.3 Å². The number of primary amides is 1.